The van der Waals surface area contributed by atoms with Crippen LogP contribution in [0.5, 0.6) is 0 Å². The minimum Gasteiger partial charge on any atom is -0.326 e. The van der Waals surface area contributed by atoms with E-state index in [9.17, 15) is 9.46 Å². The summed E-state index contributed by atoms with van der Waals surface area (Å²) in [7, 11) is 0. The van der Waals surface area contributed by atoms with Gasteiger partial charge in [0, 0.05) is 11.8 Å². The zero-order valence-corrected chi connectivity index (χ0v) is 14.4. The highest BCUT2D eigenvalue weighted by Crippen LogP contribution is 2.52. The molecule has 118 valence electrons. The average Bonchev–Trinajstić information content (AvgIpc) is 2.54. The molecule has 5 heteroatoms. The van der Waals surface area contributed by atoms with Gasteiger partial charge in [-0.05, 0) is 24.0 Å². The molecule has 2 aromatic rings. The van der Waals surface area contributed by atoms with Crippen LogP contribution in [0, 0.1) is 0 Å². The van der Waals surface area contributed by atoms with Crippen molar-refractivity contribution in [2.24, 2.45) is 0 Å². The average molecular weight is 335 g/mol. The van der Waals surface area contributed by atoms with Gasteiger partial charge in [-0.3, -0.25) is 4.57 Å². The monoisotopic (exact) mass is 335 g/mol. The van der Waals surface area contributed by atoms with Crippen LogP contribution >= 0.6 is 18.1 Å². The first-order chi connectivity index (χ1) is 10.6. The Morgan fingerprint density at radius 3 is 2.27 bits per heavy atom. The predicted octanol–water partition coefficient (Wildman–Crippen LogP) is 4.80. The van der Waals surface area contributed by atoms with Crippen molar-refractivity contribution in [2.45, 2.75) is 25.8 Å². The highest BCUT2D eigenvalue weighted by atomic mass is 32.7. The Kier molecular flexibility index (Phi) is 6.71. The summed E-state index contributed by atoms with van der Waals surface area (Å²) in [5.41, 5.74) is 2.17. The second-order valence-electron chi connectivity index (χ2n) is 5.14. The van der Waals surface area contributed by atoms with Crippen LogP contribution in [-0.4, -0.2) is 10.6 Å². The van der Waals surface area contributed by atoms with Crippen molar-refractivity contribution >= 4 is 18.1 Å². The molecule has 3 nitrogen and oxygen atoms in total. The molecular weight excluding hydrogens is 313 g/mol. The molecule has 0 bridgehead atoms. The topological polar surface area (TPSA) is 49.3 Å². The molecule has 2 unspecified atom stereocenters. The quantitative estimate of drug-likeness (QED) is 0.680. The minimum absolute atomic E-state index is 0.177. The van der Waals surface area contributed by atoms with Crippen molar-refractivity contribution < 1.29 is 9.46 Å². The number of nitrogens with one attached hydrogen (secondary N) is 1. The summed E-state index contributed by atoms with van der Waals surface area (Å²) in [6, 6.07) is 19.7. The minimum atomic E-state index is -3.40. The number of benzene rings is 2. The first kappa shape index (κ1) is 17.3. The third kappa shape index (κ3) is 5.62. The van der Waals surface area contributed by atoms with Gasteiger partial charge in [0.15, 0.2) is 0 Å². The third-order valence-electron chi connectivity index (χ3n) is 3.27. The molecule has 0 heterocycles. The molecule has 2 rings (SSSR count). The van der Waals surface area contributed by atoms with Gasteiger partial charge in [-0.1, -0.05) is 79.0 Å². The number of hydrogen-bond donors (Lipinski definition) is 2. The summed E-state index contributed by atoms with van der Waals surface area (Å²) in [5, 5.41) is 2.97. The molecule has 0 aliphatic carbocycles. The standard InChI is InChI=1S/C17H22NO2PS/c1-2-13-22-21(19,20)18-17(16-11-7-4-8-12-16)14-15-9-5-3-6-10-15/h3-12,17H,2,13-14H2,1H3,(H2,18,19,20). The summed E-state index contributed by atoms with van der Waals surface area (Å²) in [6.45, 7) is -1.40. The summed E-state index contributed by atoms with van der Waals surface area (Å²) in [5.74, 6) is 0.674. The molecule has 0 spiro atoms. The van der Waals surface area contributed by atoms with Crippen molar-refractivity contribution in [1.82, 2.24) is 5.09 Å². The van der Waals surface area contributed by atoms with Crippen molar-refractivity contribution in [3.05, 3.63) is 71.8 Å². The van der Waals surface area contributed by atoms with Gasteiger partial charge in [0.1, 0.15) is 0 Å². The largest absolute Gasteiger partial charge is 0.326 e. The van der Waals surface area contributed by atoms with Gasteiger partial charge in [-0.15, -0.1) is 0 Å². The molecule has 0 amide bonds. The fourth-order valence-electron chi connectivity index (χ4n) is 2.22. The Morgan fingerprint density at radius 1 is 1.09 bits per heavy atom. The Labute approximate surface area is 136 Å². The molecule has 0 fully saturated rings. The summed E-state index contributed by atoms with van der Waals surface area (Å²) < 4.78 is 12.4. The first-order valence-electron chi connectivity index (χ1n) is 7.45. The van der Waals surface area contributed by atoms with Crippen LogP contribution in [0.15, 0.2) is 60.7 Å². The fraction of sp³-hybridized carbons (Fsp3) is 0.294. The highest BCUT2D eigenvalue weighted by Gasteiger charge is 2.24. The van der Waals surface area contributed by atoms with Crippen molar-refractivity contribution in [1.29, 1.82) is 0 Å². The Morgan fingerprint density at radius 2 is 1.68 bits per heavy atom. The van der Waals surface area contributed by atoms with Gasteiger partial charge in [-0.2, -0.15) is 0 Å². The second-order valence-corrected chi connectivity index (χ2v) is 9.36. The fourth-order valence-corrected chi connectivity index (χ4v) is 5.26. The summed E-state index contributed by atoms with van der Waals surface area (Å²) >= 11 is 1.11. The highest BCUT2D eigenvalue weighted by molar-refractivity contribution is 8.55. The van der Waals surface area contributed by atoms with E-state index in [1.54, 1.807) is 0 Å². The normalized spacial score (nSPS) is 15.2. The van der Waals surface area contributed by atoms with Crippen LogP contribution in [0.1, 0.15) is 30.5 Å². The van der Waals surface area contributed by atoms with Crippen LogP contribution in [0.2, 0.25) is 0 Å². The Bertz CT molecular complexity index is 607. The molecule has 0 radical (unpaired) electrons. The molecule has 2 atom stereocenters. The lowest BCUT2D eigenvalue weighted by molar-refractivity contribution is 0.467. The maximum atomic E-state index is 12.4. The molecular formula is C17H22NO2PS. The van der Waals surface area contributed by atoms with Crippen LogP contribution in [0.4, 0.5) is 0 Å². The molecule has 0 aliphatic rings. The predicted molar refractivity (Wildman–Crippen MR) is 95.0 cm³/mol. The van der Waals surface area contributed by atoms with E-state index in [2.05, 4.69) is 5.09 Å². The zero-order valence-electron chi connectivity index (χ0n) is 12.7. The first-order valence-corrected chi connectivity index (χ1v) is 10.7. The van der Waals surface area contributed by atoms with Gasteiger partial charge in [0.25, 0.3) is 0 Å². The van der Waals surface area contributed by atoms with Gasteiger partial charge < -0.3 is 4.89 Å². The van der Waals surface area contributed by atoms with Gasteiger partial charge in [-0.25, -0.2) is 5.09 Å². The van der Waals surface area contributed by atoms with Crippen LogP contribution in [0.3, 0.4) is 0 Å². The smallest absolute Gasteiger partial charge is 0.324 e. The lowest BCUT2D eigenvalue weighted by atomic mass is 10.00. The van der Waals surface area contributed by atoms with E-state index < -0.39 is 6.72 Å². The lowest BCUT2D eigenvalue weighted by Gasteiger charge is -2.22. The van der Waals surface area contributed by atoms with Gasteiger partial charge >= 0.3 is 6.72 Å². The molecule has 2 N–H and O–H groups in total. The van der Waals surface area contributed by atoms with E-state index in [1.807, 2.05) is 67.6 Å². The summed E-state index contributed by atoms with van der Waals surface area (Å²) in [6.07, 6.45) is 1.56. The lowest BCUT2D eigenvalue weighted by Crippen LogP contribution is -2.19. The van der Waals surface area contributed by atoms with Crippen molar-refractivity contribution in [3.63, 3.8) is 0 Å². The van der Waals surface area contributed by atoms with Gasteiger partial charge in [0.2, 0.25) is 0 Å². The Hall–Kier alpha value is -1.06. The zero-order chi connectivity index (χ0) is 15.8. The SMILES string of the molecule is CCCSP(=O)(O)NC(Cc1ccccc1)c1ccccc1. The van der Waals surface area contributed by atoms with Crippen LogP contribution in [0.25, 0.3) is 0 Å². The molecule has 2 aromatic carbocycles. The van der Waals surface area contributed by atoms with E-state index >= 15 is 0 Å². The molecule has 0 saturated carbocycles. The Balaban J connectivity index is 2.17. The number of hydrogen-bond acceptors (Lipinski definition) is 2. The number of rotatable bonds is 8. The van der Waals surface area contributed by atoms with Crippen molar-refractivity contribution in [3.8, 4) is 0 Å². The molecule has 0 saturated heterocycles. The molecule has 0 aliphatic heterocycles. The van der Waals surface area contributed by atoms with E-state index in [-0.39, 0.29) is 6.04 Å². The van der Waals surface area contributed by atoms with E-state index in [0.29, 0.717) is 12.2 Å². The van der Waals surface area contributed by atoms with Crippen LogP contribution < -0.4 is 5.09 Å². The van der Waals surface area contributed by atoms with E-state index in [0.717, 1.165) is 28.9 Å². The molecule has 22 heavy (non-hydrogen) atoms. The van der Waals surface area contributed by atoms with E-state index in [1.165, 1.54) is 0 Å². The molecule has 0 aromatic heterocycles. The van der Waals surface area contributed by atoms with Gasteiger partial charge in [0.05, 0.1) is 0 Å². The summed E-state index contributed by atoms with van der Waals surface area (Å²) in [4.78, 5) is 10.2. The van der Waals surface area contributed by atoms with Crippen molar-refractivity contribution in [2.75, 3.05) is 5.75 Å². The third-order valence-corrected chi connectivity index (χ3v) is 6.77. The second kappa shape index (κ2) is 8.54. The maximum absolute atomic E-state index is 12.4. The van der Waals surface area contributed by atoms with E-state index in [4.69, 9.17) is 0 Å². The maximum Gasteiger partial charge on any atom is 0.324 e. The van der Waals surface area contributed by atoms with Crippen LogP contribution in [-0.2, 0) is 11.0 Å².